The molecular formula is C12H12N4O. The van der Waals surface area contributed by atoms with Gasteiger partial charge in [-0.15, -0.1) is 0 Å². The van der Waals surface area contributed by atoms with Gasteiger partial charge in [0, 0.05) is 12.1 Å². The summed E-state index contributed by atoms with van der Waals surface area (Å²) in [5, 5.41) is 3.10. The largest absolute Gasteiger partial charge is 0.372 e. The van der Waals surface area contributed by atoms with Crippen LogP contribution in [0, 0.1) is 0 Å². The Kier molecular flexibility index (Phi) is 2.36. The van der Waals surface area contributed by atoms with E-state index in [0.29, 0.717) is 12.0 Å². The number of aromatic amines is 1. The molecule has 1 aliphatic heterocycles. The number of nitrogens with one attached hydrogen (secondary N) is 2. The van der Waals surface area contributed by atoms with Crippen LogP contribution in [0.1, 0.15) is 16.8 Å². The van der Waals surface area contributed by atoms with Gasteiger partial charge < -0.3 is 10.3 Å². The van der Waals surface area contributed by atoms with Gasteiger partial charge in [0.05, 0.1) is 30.3 Å². The van der Waals surface area contributed by atoms with Crippen molar-refractivity contribution in [3.05, 3.63) is 30.1 Å². The van der Waals surface area contributed by atoms with Crippen molar-refractivity contribution in [2.75, 3.05) is 13.1 Å². The number of benzene rings is 1. The minimum Gasteiger partial charge on any atom is -0.372 e. The highest BCUT2D eigenvalue weighted by Crippen LogP contribution is 2.13. The van der Waals surface area contributed by atoms with Crippen molar-refractivity contribution in [1.29, 1.82) is 0 Å². The first-order chi connectivity index (χ1) is 8.33. The van der Waals surface area contributed by atoms with Crippen LogP contribution >= 0.6 is 0 Å². The Labute approximate surface area is 98.0 Å². The summed E-state index contributed by atoms with van der Waals surface area (Å²) in [7, 11) is 0. The Morgan fingerprint density at radius 2 is 2.35 bits per heavy atom. The number of aromatic nitrogens is 2. The minimum atomic E-state index is 0.0784. The van der Waals surface area contributed by atoms with E-state index in [4.69, 9.17) is 0 Å². The molecule has 0 amide bonds. The molecule has 0 saturated heterocycles. The predicted octanol–water partition coefficient (Wildman–Crippen LogP) is 1.14. The van der Waals surface area contributed by atoms with E-state index >= 15 is 0 Å². The van der Waals surface area contributed by atoms with E-state index in [-0.39, 0.29) is 5.78 Å². The molecule has 1 aromatic carbocycles. The Morgan fingerprint density at radius 3 is 3.18 bits per heavy atom. The Bertz CT molecular complexity index is 599. The number of carbonyl (C=O) groups excluding carboxylic acids is 1. The maximum Gasteiger partial charge on any atom is 0.170 e. The lowest BCUT2D eigenvalue weighted by Crippen LogP contribution is -2.21. The second-order valence-corrected chi connectivity index (χ2v) is 3.99. The van der Waals surface area contributed by atoms with E-state index in [1.165, 1.54) is 0 Å². The minimum absolute atomic E-state index is 0.0784. The molecule has 5 nitrogen and oxygen atoms in total. The van der Waals surface area contributed by atoms with Crippen LogP contribution in [0.25, 0.3) is 11.0 Å². The van der Waals surface area contributed by atoms with E-state index in [1.54, 1.807) is 12.4 Å². The summed E-state index contributed by atoms with van der Waals surface area (Å²) < 4.78 is 0. The number of nitrogens with zero attached hydrogens (tertiary/aromatic N) is 2. The molecule has 0 aliphatic carbocycles. The third-order valence-electron chi connectivity index (χ3n) is 2.81. The van der Waals surface area contributed by atoms with Gasteiger partial charge in [0.25, 0.3) is 0 Å². The number of hydrogen-bond acceptors (Lipinski definition) is 4. The molecule has 0 bridgehead atoms. The summed E-state index contributed by atoms with van der Waals surface area (Å²) in [4.78, 5) is 23.3. The first kappa shape index (κ1) is 10.0. The average molecular weight is 228 g/mol. The van der Waals surface area contributed by atoms with E-state index in [1.807, 2.05) is 12.1 Å². The number of imidazole rings is 1. The van der Waals surface area contributed by atoms with Gasteiger partial charge in [0.1, 0.15) is 5.84 Å². The zero-order valence-corrected chi connectivity index (χ0v) is 9.23. The van der Waals surface area contributed by atoms with Gasteiger partial charge in [-0.25, -0.2) is 4.98 Å². The molecule has 0 saturated carbocycles. The van der Waals surface area contributed by atoms with Crippen LogP contribution in [0.3, 0.4) is 0 Å². The summed E-state index contributed by atoms with van der Waals surface area (Å²) >= 11 is 0. The number of fused-ring (bicyclic) bond motifs is 1. The zero-order valence-electron chi connectivity index (χ0n) is 9.23. The van der Waals surface area contributed by atoms with Crippen LogP contribution in [0.4, 0.5) is 0 Å². The third kappa shape index (κ3) is 1.91. The molecule has 2 heterocycles. The standard InChI is InChI=1S/C12H12N4O/c17-11(6-12-13-3-4-14-12)8-1-2-9-10(5-8)16-7-15-9/h1-2,5,7H,3-4,6H2,(H,13,14)(H,15,16). The van der Waals surface area contributed by atoms with Crippen molar-refractivity contribution >= 4 is 22.7 Å². The lowest BCUT2D eigenvalue weighted by atomic mass is 10.1. The summed E-state index contributed by atoms with van der Waals surface area (Å²) in [5.41, 5.74) is 2.45. The lowest BCUT2D eigenvalue weighted by molar-refractivity contribution is 0.1000. The number of carbonyl (C=O) groups is 1. The van der Waals surface area contributed by atoms with Gasteiger partial charge in [0.2, 0.25) is 0 Å². The SMILES string of the molecule is O=C(CC1=NCCN1)c1ccc2nc[nH]c2c1. The quantitative estimate of drug-likeness (QED) is 0.774. The zero-order chi connectivity index (χ0) is 11.7. The number of rotatable bonds is 3. The van der Waals surface area contributed by atoms with Crippen LogP contribution < -0.4 is 5.32 Å². The molecule has 2 aromatic rings. The van der Waals surface area contributed by atoms with Crippen molar-refractivity contribution < 1.29 is 4.79 Å². The van der Waals surface area contributed by atoms with Gasteiger partial charge in [-0.05, 0) is 18.2 Å². The highest BCUT2D eigenvalue weighted by molar-refractivity contribution is 6.10. The van der Waals surface area contributed by atoms with Gasteiger partial charge in [0.15, 0.2) is 5.78 Å². The fourth-order valence-corrected chi connectivity index (χ4v) is 1.93. The van der Waals surface area contributed by atoms with Gasteiger partial charge in [-0.3, -0.25) is 9.79 Å². The number of amidine groups is 1. The molecule has 0 fully saturated rings. The summed E-state index contributed by atoms with van der Waals surface area (Å²) in [6.07, 6.45) is 1.97. The Balaban J connectivity index is 1.84. The fraction of sp³-hybridized carbons (Fsp3) is 0.250. The Hall–Kier alpha value is -2.17. The normalized spacial score (nSPS) is 14.7. The molecule has 1 aliphatic rings. The molecule has 86 valence electrons. The lowest BCUT2D eigenvalue weighted by Gasteiger charge is -2.02. The first-order valence-electron chi connectivity index (χ1n) is 5.56. The fourth-order valence-electron chi connectivity index (χ4n) is 1.93. The van der Waals surface area contributed by atoms with Crippen molar-refractivity contribution in [1.82, 2.24) is 15.3 Å². The number of Topliss-reactive ketones (excluding diaryl/α,β-unsaturated/α-hetero) is 1. The molecule has 2 N–H and O–H groups in total. The van der Waals surface area contributed by atoms with Crippen molar-refractivity contribution in [2.45, 2.75) is 6.42 Å². The number of aliphatic imine (C=N–C) groups is 1. The number of hydrogen-bond donors (Lipinski definition) is 2. The molecule has 0 unspecified atom stereocenters. The van der Waals surface area contributed by atoms with Crippen LogP contribution in [0.2, 0.25) is 0 Å². The van der Waals surface area contributed by atoms with Crippen molar-refractivity contribution in [3.63, 3.8) is 0 Å². The van der Waals surface area contributed by atoms with Crippen LogP contribution in [0.15, 0.2) is 29.5 Å². The smallest absolute Gasteiger partial charge is 0.170 e. The molecule has 0 spiro atoms. The first-order valence-corrected chi connectivity index (χ1v) is 5.56. The molecule has 3 rings (SSSR count). The highest BCUT2D eigenvalue weighted by Gasteiger charge is 2.13. The maximum absolute atomic E-state index is 12.0. The summed E-state index contributed by atoms with van der Waals surface area (Å²) in [5.74, 6) is 0.870. The van der Waals surface area contributed by atoms with E-state index < -0.39 is 0 Å². The van der Waals surface area contributed by atoms with Crippen LogP contribution in [0.5, 0.6) is 0 Å². The molecule has 0 atom stereocenters. The third-order valence-corrected chi connectivity index (χ3v) is 2.81. The van der Waals surface area contributed by atoms with E-state index in [2.05, 4.69) is 20.3 Å². The molecule has 5 heteroatoms. The predicted molar refractivity (Wildman–Crippen MR) is 65.3 cm³/mol. The molecular weight excluding hydrogens is 216 g/mol. The van der Waals surface area contributed by atoms with E-state index in [0.717, 1.165) is 30.0 Å². The van der Waals surface area contributed by atoms with Gasteiger partial charge >= 0.3 is 0 Å². The van der Waals surface area contributed by atoms with E-state index in [9.17, 15) is 4.79 Å². The summed E-state index contributed by atoms with van der Waals surface area (Å²) in [6, 6.07) is 5.49. The topological polar surface area (TPSA) is 70.1 Å². The van der Waals surface area contributed by atoms with Crippen LogP contribution in [-0.2, 0) is 0 Å². The molecule has 0 radical (unpaired) electrons. The number of ketones is 1. The summed E-state index contributed by atoms with van der Waals surface area (Å²) in [6.45, 7) is 1.60. The van der Waals surface area contributed by atoms with Gasteiger partial charge in [-0.2, -0.15) is 0 Å². The monoisotopic (exact) mass is 228 g/mol. The second-order valence-electron chi connectivity index (χ2n) is 3.99. The molecule has 1 aromatic heterocycles. The second kappa shape index (κ2) is 4.01. The van der Waals surface area contributed by atoms with Crippen LogP contribution in [-0.4, -0.2) is 34.7 Å². The maximum atomic E-state index is 12.0. The van der Waals surface area contributed by atoms with Gasteiger partial charge in [-0.1, -0.05) is 0 Å². The highest BCUT2D eigenvalue weighted by atomic mass is 16.1. The average Bonchev–Trinajstić information content (AvgIpc) is 2.97. The van der Waals surface area contributed by atoms with Crippen molar-refractivity contribution in [3.8, 4) is 0 Å². The van der Waals surface area contributed by atoms with Crippen molar-refractivity contribution in [2.24, 2.45) is 4.99 Å². The molecule has 17 heavy (non-hydrogen) atoms. The number of H-pyrrole nitrogens is 1. The Morgan fingerprint density at radius 1 is 1.41 bits per heavy atom.